The first-order valence-electron chi connectivity index (χ1n) is 10.8. The molecule has 0 aliphatic carbocycles. The summed E-state index contributed by atoms with van der Waals surface area (Å²) in [5, 5.41) is 4.55. The molecule has 1 amide bonds. The van der Waals surface area contributed by atoms with Crippen molar-refractivity contribution in [2.24, 2.45) is 5.10 Å². The summed E-state index contributed by atoms with van der Waals surface area (Å²) >= 11 is 9.67. The molecule has 0 aromatic heterocycles. The number of methoxy groups -OCH3 is 2. The summed E-state index contributed by atoms with van der Waals surface area (Å²) in [6.45, 7) is -0.229. The third-order valence-corrected chi connectivity index (χ3v) is 7.11. The third kappa shape index (κ3) is 7.85. The minimum Gasteiger partial charge on any atom is -0.497 e. The molecule has 3 aromatic rings. The highest BCUT2D eigenvalue weighted by Gasteiger charge is 2.21. The minimum absolute atomic E-state index is 0.238. The fraction of sp³-hybridized carbons (Fsp3) is 0.200. The van der Waals surface area contributed by atoms with E-state index < -0.39 is 22.5 Å². The van der Waals surface area contributed by atoms with Crippen LogP contribution in [-0.2, 0) is 21.4 Å². The van der Waals surface area contributed by atoms with Gasteiger partial charge in [0.05, 0.1) is 36.9 Å². The fourth-order valence-electron chi connectivity index (χ4n) is 3.23. The molecular formula is C25H25BrClN3O6S. The van der Waals surface area contributed by atoms with Crippen molar-refractivity contribution in [2.45, 2.75) is 6.61 Å². The summed E-state index contributed by atoms with van der Waals surface area (Å²) in [4.78, 5) is 12.5. The van der Waals surface area contributed by atoms with Crippen LogP contribution in [0.5, 0.6) is 17.2 Å². The van der Waals surface area contributed by atoms with Gasteiger partial charge in [0, 0.05) is 16.7 Å². The zero-order valence-corrected chi connectivity index (χ0v) is 23.4. The molecule has 0 radical (unpaired) electrons. The van der Waals surface area contributed by atoms with Crippen molar-refractivity contribution in [1.82, 2.24) is 5.43 Å². The molecule has 0 unspecified atom stereocenters. The monoisotopic (exact) mass is 609 g/mol. The van der Waals surface area contributed by atoms with Crippen molar-refractivity contribution in [3.8, 4) is 17.2 Å². The van der Waals surface area contributed by atoms with E-state index in [9.17, 15) is 13.2 Å². The molecule has 9 nitrogen and oxygen atoms in total. The first-order chi connectivity index (χ1) is 17.6. The number of rotatable bonds is 11. The normalized spacial score (nSPS) is 11.3. The first kappa shape index (κ1) is 28.3. The Morgan fingerprint density at radius 1 is 1.11 bits per heavy atom. The van der Waals surface area contributed by atoms with Crippen LogP contribution in [0.15, 0.2) is 70.2 Å². The van der Waals surface area contributed by atoms with Gasteiger partial charge in [0.15, 0.2) is 11.5 Å². The first-order valence-corrected chi connectivity index (χ1v) is 13.8. The standard InChI is InChI=1S/C25H25BrClN3O6S/c1-34-20-9-6-8-19(13-20)30(37(3,32)33)15-24(31)29-28-14-17-11-21(26)25(23(12-17)35-2)36-16-18-7-4-5-10-22(18)27/h4-14H,15-16H2,1-3H3,(H,29,31)/b28-14-. The second-order valence-electron chi connectivity index (χ2n) is 7.68. The van der Waals surface area contributed by atoms with E-state index in [-0.39, 0.29) is 6.61 Å². The molecule has 0 saturated carbocycles. The number of halogens is 2. The summed E-state index contributed by atoms with van der Waals surface area (Å²) in [7, 11) is -0.769. The van der Waals surface area contributed by atoms with Gasteiger partial charge in [0.1, 0.15) is 18.9 Å². The van der Waals surface area contributed by atoms with Crippen LogP contribution < -0.4 is 23.9 Å². The SMILES string of the molecule is COc1cccc(N(CC(=O)N/N=C\c2cc(Br)c(OCc3ccccc3Cl)c(OC)c2)S(C)(=O)=O)c1. The number of hydrazone groups is 1. The fourth-order valence-corrected chi connectivity index (χ4v) is 4.84. The number of amides is 1. The van der Waals surface area contributed by atoms with Gasteiger partial charge in [0.2, 0.25) is 10.0 Å². The lowest BCUT2D eigenvalue weighted by Crippen LogP contribution is -2.39. The van der Waals surface area contributed by atoms with Gasteiger partial charge >= 0.3 is 0 Å². The van der Waals surface area contributed by atoms with Crippen LogP contribution >= 0.6 is 27.5 Å². The number of carbonyl (C=O) groups is 1. The summed E-state index contributed by atoms with van der Waals surface area (Å²) in [5.41, 5.74) is 4.06. The van der Waals surface area contributed by atoms with Crippen LogP contribution in [0.2, 0.25) is 5.02 Å². The Bertz CT molecular complexity index is 1400. The van der Waals surface area contributed by atoms with Gasteiger partial charge in [-0.3, -0.25) is 9.10 Å². The Morgan fingerprint density at radius 3 is 2.54 bits per heavy atom. The molecule has 3 rings (SSSR count). The van der Waals surface area contributed by atoms with Crippen LogP contribution in [0.4, 0.5) is 5.69 Å². The van der Waals surface area contributed by atoms with Crippen molar-refractivity contribution in [3.05, 3.63) is 81.3 Å². The Hall–Kier alpha value is -3.28. The van der Waals surface area contributed by atoms with Gasteiger partial charge in [-0.2, -0.15) is 5.10 Å². The van der Waals surface area contributed by atoms with Crippen molar-refractivity contribution >= 4 is 55.4 Å². The van der Waals surface area contributed by atoms with E-state index in [1.807, 2.05) is 18.2 Å². The summed E-state index contributed by atoms with van der Waals surface area (Å²) in [5.74, 6) is 0.750. The smallest absolute Gasteiger partial charge is 0.260 e. The van der Waals surface area contributed by atoms with Gasteiger partial charge in [-0.1, -0.05) is 35.9 Å². The molecule has 12 heteroatoms. The average Bonchev–Trinajstić information content (AvgIpc) is 2.86. The average molecular weight is 611 g/mol. The number of nitrogens with zero attached hydrogens (tertiary/aromatic N) is 2. The van der Waals surface area contributed by atoms with Crippen LogP contribution in [0, 0.1) is 0 Å². The van der Waals surface area contributed by atoms with Crippen molar-refractivity contribution in [3.63, 3.8) is 0 Å². The van der Waals surface area contributed by atoms with Gasteiger partial charge in [0.25, 0.3) is 5.91 Å². The van der Waals surface area contributed by atoms with E-state index in [1.165, 1.54) is 26.5 Å². The predicted molar refractivity (Wildman–Crippen MR) is 147 cm³/mol. The molecule has 0 bridgehead atoms. The maximum atomic E-state index is 12.5. The highest BCUT2D eigenvalue weighted by Crippen LogP contribution is 2.37. The lowest BCUT2D eigenvalue weighted by Gasteiger charge is -2.21. The van der Waals surface area contributed by atoms with Crippen LogP contribution in [-0.4, -0.2) is 47.6 Å². The summed E-state index contributed by atoms with van der Waals surface area (Å²) in [6.07, 6.45) is 2.42. The van der Waals surface area contributed by atoms with Crippen molar-refractivity contribution in [2.75, 3.05) is 31.3 Å². The Morgan fingerprint density at radius 2 is 1.86 bits per heavy atom. The molecule has 1 N–H and O–H groups in total. The Kier molecular flexibility index (Phi) is 9.79. The zero-order chi connectivity index (χ0) is 27.0. The number of nitrogens with one attached hydrogen (secondary N) is 1. The number of hydrogen-bond donors (Lipinski definition) is 1. The molecule has 0 aliphatic heterocycles. The lowest BCUT2D eigenvalue weighted by molar-refractivity contribution is -0.119. The topological polar surface area (TPSA) is 107 Å². The Labute approximate surface area is 229 Å². The quantitative estimate of drug-likeness (QED) is 0.251. The lowest BCUT2D eigenvalue weighted by atomic mass is 10.2. The number of sulfonamides is 1. The molecule has 0 heterocycles. The van der Waals surface area contributed by atoms with E-state index >= 15 is 0 Å². The van der Waals surface area contributed by atoms with Gasteiger partial charge in [-0.25, -0.2) is 13.8 Å². The van der Waals surface area contributed by atoms with Crippen LogP contribution in [0.1, 0.15) is 11.1 Å². The summed E-state index contributed by atoms with van der Waals surface area (Å²) < 4.78 is 42.7. The maximum absolute atomic E-state index is 12.5. The molecule has 37 heavy (non-hydrogen) atoms. The van der Waals surface area contributed by atoms with Gasteiger partial charge in [-0.05, 0) is 51.8 Å². The molecule has 0 fully saturated rings. The van der Waals surface area contributed by atoms with E-state index in [0.717, 1.165) is 16.1 Å². The zero-order valence-electron chi connectivity index (χ0n) is 20.3. The van der Waals surface area contributed by atoms with Crippen molar-refractivity contribution < 1.29 is 27.4 Å². The molecular weight excluding hydrogens is 586 g/mol. The number of carbonyl (C=O) groups excluding carboxylic acids is 1. The molecule has 196 valence electrons. The van der Waals surface area contributed by atoms with Gasteiger partial charge in [-0.15, -0.1) is 0 Å². The molecule has 3 aromatic carbocycles. The van der Waals surface area contributed by atoms with Crippen molar-refractivity contribution in [1.29, 1.82) is 0 Å². The predicted octanol–water partition coefficient (Wildman–Crippen LogP) is 4.62. The molecule has 0 aliphatic rings. The van der Waals surface area contributed by atoms with E-state index in [0.29, 0.717) is 38.0 Å². The number of ether oxygens (including phenoxy) is 3. The molecule has 0 spiro atoms. The minimum atomic E-state index is -3.74. The third-order valence-electron chi connectivity index (χ3n) is 5.01. The molecule has 0 atom stereocenters. The largest absolute Gasteiger partial charge is 0.497 e. The Balaban J connectivity index is 1.69. The second-order valence-corrected chi connectivity index (χ2v) is 10.8. The van der Waals surface area contributed by atoms with Crippen LogP contribution in [0.3, 0.4) is 0 Å². The van der Waals surface area contributed by atoms with E-state index in [4.69, 9.17) is 25.8 Å². The number of benzene rings is 3. The number of hydrogen-bond acceptors (Lipinski definition) is 7. The van der Waals surface area contributed by atoms with Gasteiger partial charge < -0.3 is 14.2 Å². The highest BCUT2D eigenvalue weighted by molar-refractivity contribution is 9.10. The summed E-state index contributed by atoms with van der Waals surface area (Å²) in [6, 6.07) is 17.2. The highest BCUT2D eigenvalue weighted by atomic mass is 79.9. The van der Waals surface area contributed by atoms with Crippen LogP contribution in [0.25, 0.3) is 0 Å². The maximum Gasteiger partial charge on any atom is 0.260 e. The van der Waals surface area contributed by atoms with E-state index in [1.54, 1.807) is 36.4 Å². The second kappa shape index (κ2) is 12.8. The van der Waals surface area contributed by atoms with E-state index in [2.05, 4.69) is 26.5 Å². The molecule has 0 saturated heterocycles. The number of anilines is 1.